The van der Waals surface area contributed by atoms with E-state index in [9.17, 15) is 14.9 Å². The summed E-state index contributed by atoms with van der Waals surface area (Å²) in [6.07, 6.45) is 1.90. The van der Waals surface area contributed by atoms with Gasteiger partial charge in [0, 0.05) is 11.6 Å². The van der Waals surface area contributed by atoms with Gasteiger partial charge < -0.3 is 10.5 Å². The number of nitrogens with two attached hydrogens (primary N) is 1. The van der Waals surface area contributed by atoms with E-state index < -0.39 is 10.9 Å². The predicted molar refractivity (Wildman–Crippen MR) is 66.4 cm³/mol. The average molecular weight is 252 g/mol. The Morgan fingerprint density at radius 1 is 1.44 bits per heavy atom. The molecular formula is C12H16N2O4. The predicted octanol–water partition coefficient (Wildman–Crippen LogP) is 1.66. The Balaban J connectivity index is 3.12. The number of methoxy groups -OCH3 is 1. The number of carbonyl (C=O) groups is 1. The zero-order chi connectivity index (χ0) is 13.5. The Bertz CT molecular complexity index is 446. The number of benzene rings is 1. The second-order valence-corrected chi connectivity index (χ2v) is 3.80. The number of rotatable bonds is 6. The molecule has 0 saturated carbocycles. The van der Waals surface area contributed by atoms with Crippen LogP contribution < -0.4 is 5.73 Å². The molecule has 0 saturated heterocycles. The van der Waals surface area contributed by atoms with Crippen LogP contribution in [0.2, 0.25) is 0 Å². The zero-order valence-corrected chi connectivity index (χ0v) is 10.2. The number of ether oxygens (including phenoxy) is 1. The van der Waals surface area contributed by atoms with Crippen LogP contribution in [0.25, 0.3) is 0 Å². The van der Waals surface area contributed by atoms with Crippen LogP contribution in [-0.2, 0) is 11.2 Å². The van der Waals surface area contributed by atoms with Crippen LogP contribution in [0.15, 0.2) is 18.2 Å². The zero-order valence-electron chi connectivity index (χ0n) is 10.2. The van der Waals surface area contributed by atoms with Gasteiger partial charge in [0.2, 0.25) is 0 Å². The topological polar surface area (TPSA) is 95.5 Å². The maximum atomic E-state index is 11.6. The third-order valence-corrected chi connectivity index (χ3v) is 2.63. The Morgan fingerprint density at radius 3 is 2.72 bits per heavy atom. The first-order chi connectivity index (χ1) is 8.61. The summed E-state index contributed by atoms with van der Waals surface area (Å²) in [7, 11) is 1.25. The van der Waals surface area contributed by atoms with Gasteiger partial charge in [-0.3, -0.25) is 10.1 Å². The molecule has 1 aromatic carbocycles. The summed E-state index contributed by atoms with van der Waals surface area (Å²) >= 11 is 0. The number of hydrogen-bond acceptors (Lipinski definition) is 5. The molecule has 2 N–H and O–H groups in total. The van der Waals surface area contributed by atoms with Crippen molar-refractivity contribution in [2.75, 3.05) is 13.7 Å². The van der Waals surface area contributed by atoms with Crippen molar-refractivity contribution >= 4 is 11.7 Å². The van der Waals surface area contributed by atoms with Crippen molar-refractivity contribution in [3.63, 3.8) is 0 Å². The van der Waals surface area contributed by atoms with Crippen molar-refractivity contribution in [2.45, 2.75) is 19.3 Å². The van der Waals surface area contributed by atoms with Crippen LogP contribution in [0.5, 0.6) is 0 Å². The molecule has 18 heavy (non-hydrogen) atoms. The molecule has 0 amide bonds. The lowest BCUT2D eigenvalue weighted by molar-refractivity contribution is -0.385. The number of nitrogens with zero attached hydrogens (tertiary/aromatic N) is 1. The third kappa shape index (κ3) is 3.27. The standard InChI is InChI=1S/C12H16N2O4/c1-18-12(15)10-6-4-7-11(14(16)17)9(10)5-2-3-8-13/h4,6-7H,2-3,5,8,13H2,1H3. The Kier molecular flexibility index (Phi) is 5.26. The van der Waals surface area contributed by atoms with Gasteiger partial charge in [-0.15, -0.1) is 0 Å². The molecule has 98 valence electrons. The highest BCUT2D eigenvalue weighted by atomic mass is 16.6. The maximum Gasteiger partial charge on any atom is 0.338 e. The summed E-state index contributed by atoms with van der Waals surface area (Å²) in [5, 5.41) is 10.9. The Morgan fingerprint density at radius 2 is 2.17 bits per heavy atom. The molecule has 0 aliphatic heterocycles. The van der Waals surface area contributed by atoms with Crippen molar-refractivity contribution in [3.8, 4) is 0 Å². The molecule has 1 aromatic rings. The van der Waals surface area contributed by atoms with E-state index in [1.807, 2.05) is 0 Å². The van der Waals surface area contributed by atoms with E-state index in [2.05, 4.69) is 4.74 Å². The smallest absolute Gasteiger partial charge is 0.338 e. The number of nitro groups is 1. The van der Waals surface area contributed by atoms with Crippen LogP contribution in [0.4, 0.5) is 5.69 Å². The molecule has 6 heteroatoms. The van der Waals surface area contributed by atoms with Gasteiger partial charge in [0.15, 0.2) is 0 Å². The minimum atomic E-state index is -0.554. The van der Waals surface area contributed by atoms with Gasteiger partial charge in [-0.25, -0.2) is 4.79 Å². The monoisotopic (exact) mass is 252 g/mol. The number of carbonyl (C=O) groups excluding carboxylic acids is 1. The Hall–Kier alpha value is -1.95. The van der Waals surface area contributed by atoms with Gasteiger partial charge in [0.1, 0.15) is 0 Å². The van der Waals surface area contributed by atoms with E-state index in [0.29, 0.717) is 24.9 Å². The highest BCUT2D eigenvalue weighted by molar-refractivity contribution is 5.92. The van der Waals surface area contributed by atoms with Crippen molar-refractivity contribution in [1.29, 1.82) is 0 Å². The molecule has 0 unspecified atom stereocenters. The molecule has 6 nitrogen and oxygen atoms in total. The number of unbranched alkanes of at least 4 members (excludes halogenated alkanes) is 1. The van der Waals surface area contributed by atoms with Crippen LogP contribution in [0.1, 0.15) is 28.8 Å². The first-order valence-electron chi connectivity index (χ1n) is 5.66. The molecule has 0 spiro atoms. The van der Waals surface area contributed by atoms with Crippen molar-refractivity contribution < 1.29 is 14.5 Å². The minimum absolute atomic E-state index is 0.0464. The van der Waals surface area contributed by atoms with E-state index in [0.717, 1.165) is 6.42 Å². The first-order valence-corrected chi connectivity index (χ1v) is 5.66. The van der Waals surface area contributed by atoms with Gasteiger partial charge in [0.05, 0.1) is 17.6 Å². The first kappa shape index (κ1) is 14.1. The molecule has 0 aliphatic rings. The SMILES string of the molecule is COC(=O)c1cccc([N+](=O)[O-])c1CCCCN. The quantitative estimate of drug-likeness (QED) is 0.359. The summed E-state index contributed by atoms with van der Waals surface area (Å²) in [6, 6.07) is 4.41. The largest absolute Gasteiger partial charge is 0.465 e. The van der Waals surface area contributed by atoms with E-state index in [1.54, 1.807) is 0 Å². The van der Waals surface area contributed by atoms with E-state index in [-0.39, 0.29) is 11.3 Å². The molecule has 1 rings (SSSR count). The molecular weight excluding hydrogens is 236 g/mol. The normalized spacial score (nSPS) is 10.1. The third-order valence-electron chi connectivity index (χ3n) is 2.63. The van der Waals surface area contributed by atoms with E-state index >= 15 is 0 Å². The van der Waals surface area contributed by atoms with Gasteiger partial charge in [-0.2, -0.15) is 0 Å². The highest BCUT2D eigenvalue weighted by Gasteiger charge is 2.21. The molecule has 0 fully saturated rings. The summed E-state index contributed by atoms with van der Waals surface area (Å²) in [5.41, 5.74) is 6.02. The molecule has 0 atom stereocenters. The summed E-state index contributed by atoms with van der Waals surface area (Å²) in [4.78, 5) is 22.0. The molecule has 0 heterocycles. The van der Waals surface area contributed by atoms with E-state index in [1.165, 1.54) is 25.3 Å². The lowest BCUT2D eigenvalue weighted by Gasteiger charge is -2.08. The van der Waals surface area contributed by atoms with Crippen LogP contribution >= 0.6 is 0 Å². The second-order valence-electron chi connectivity index (χ2n) is 3.80. The number of hydrogen-bond donors (Lipinski definition) is 1. The molecule has 0 radical (unpaired) electrons. The van der Waals surface area contributed by atoms with Gasteiger partial charge >= 0.3 is 5.97 Å². The molecule has 0 bridgehead atoms. The molecule has 0 aliphatic carbocycles. The van der Waals surface area contributed by atoms with Gasteiger partial charge in [-0.1, -0.05) is 6.07 Å². The van der Waals surface area contributed by atoms with Crippen molar-refractivity contribution in [1.82, 2.24) is 0 Å². The second kappa shape index (κ2) is 6.70. The van der Waals surface area contributed by atoms with E-state index in [4.69, 9.17) is 5.73 Å². The van der Waals surface area contributed by atoms with Crippen LogP contribution in [0.3, 0.4) is 0 Å². The number of esters is 1. The maximum absolute atomic E-state index is 11.6. The van der Waals surface area contributed by atoms with Crippen molar-refractivity contribution in [2.24, 2.45) is 5.73 Å². The lowest BCUT2D eigenvalue weighted by atomic mass is 10.00. The fourth-order valence-corrected chi connectivity index (χ4v) is 1.76. The minimum Gasteiger partial charge on any atom is -0.465 e. The van der Waals surface area contributed by atoms with Gasteiger partial charge in [0.25, 0.3) is 5.69 Å². The fraction of sp³-hybridized carbons (Fsp3) is 0.417. The van der Waals surface area contributed by atoms with Crippen molar-refractivity contribution in [3.05, 3.63) is 39.4 Å². The lowest BCUT2D eigenvalue weighted by Crippen LogP contribution is -2.09. The average Bonchev–Trinajstić information content (AvgIpc) is 2.38. The summed E-state index contributed by atoms with van der Waals surface area (Å²) in [6.45, 7) is 0.522. The Labute approximate surface area is 105 Å². The summed E-state index contributed by atoms with van der Waals surface area (Å²) in [5.74, 6) is -0.554. The number of nitro benzene ring substituents is 1. The molecule has 0 aromatic heterocycles. The van der Waals surface area contributed by atoms with Crippen LogP contribution in [-0.4, -0.2) is 24.5 Å². The van der Waals surface area contributed by atoms with Gasteiger partial charge in [-0.05, 0) is 31.9 Å². The van der Waals surface area contributed by atoms with Crippen LogP contribution in [0, 0.1) is 10.1 Å². The summed E-state index contributed by atoms with van der Waals surface area (Å²) < 4.78 is 4.63. The highest BCUT2D eigenvalue weighted by Crippen LogP contribution is 2.24. The fourth-order valence-electron chi connectivity index (χ4n) is 1.76.